The number of rotatable bonds is 6. The van der Waals surface area contributed by atoms with Crippen molar-refractivity contribution in [3.8, 4) is 0 Å². The van der Waals surface area contributed by atoms with Crippen molar-refractivity contribution in [2.24, 2.45) is 0 Å². The topological polar surface area (TPSA) is 62.7 Å². The predicted molar refractivity (Wildman–Crippen MR) is 86.8 cm³/mol. The van der Waals surface area contributed by atoms with E-state index >= 15 is 0 Å². The highest BCUT2D eigenvalue weighted by atomic mass is 79.9. The van der Waals surface area contributed by atoms with E-state index in [1.165, 1.54) is 17.3 Å². The number of nitrogens with one attached hydrogen (secondary N) is 2. The van der Waals surface area contributed by atoms with Gasteiger partial charge in [-0.05, 0) is 64.8 Å². The van der Waals surface area contributed by atoms with Crippen molar-refractivity contribution in [1.29, 1.82) is 0 Å². The normalized spacial score (nSPS) is 14.6. The average molecular weight is 369 g/mol. The van der Waals surface area contributed by atoms with Gasteiger partial charge >= 0.3 is 5.69 Å². The van der Waals surface area contributed by atoms with Crippen LogP contribution >= 0.6 is 27.7 Å². The van der Waals surface area contributed by atoms with Gasteiger partial charge in [-0.15, -0.1) is 5.10 Å². The van der Waals surface area contributed by atoms with Crippen molar-refractivity contribution in [3.63, 3.8) is 0 Å². The Bertz CT molecular complexity index is 693. The molecular formula is C14H17BrN4OS. The quantitative estimate of drug-likeness (QED) is 0.822. The van der Waals surface area contributed by atoms with Gasteiger partial charge in [-0.2, -0.15) is 0 Å². The van der Waals surface area contributed by atoms with E-state index in [0.717, 1.165) is 40.5 Å². The Morgan fingerprint density at radius 2 is 2.33 bits per heavy atom. The van der Waals surface area contributed by atoms with Gasteiger partial charge in [-0.25, -0.2) is 9.89 Å². The van der Waals surface area contributed by atoms with Gasteiger partial charge in [0.25, 0.3) is 0 Å². The van der Waals surface area contributed by atoms with E-state index in [1.807, 2.05) is 0 Å². The van der Waals surface area contributed by atoms with Crippen LogP contribution in [0, 0.1) is 0 Å². The molecular weight excluding hydrogens is 352 g/mol. The zero-order chi connectivity index (χ0) is 14.8. The molecule has 0 atom stereocenters. The lowest BCUT2D eigenvalue weighted by molar-refractivity contribution is 0.642. The summed E-state index contributed by atoms with van der Waals surface area (Å²) in [4.78, 5) is 12.8. The first-order valence-corrected chi connectivity index (χ1v) is 8.64. The molecule has 1 aliphatic rings. The molecule has 0 unspecified atom stereocenters. The van der Waals surface area contributed by atoms with Crippen LogP contribution in [0.5, 0.6) is 0 Å². The lowest BCUT2D eigenvalue weighted by Gasteiger charge is -2.08. The molecule has 0 amide bonds. The number of aromatic amines is 1. The Hall–Kier alpha value is -1.05. The number of aromatic nitrogens is 3. The average Bonchev–Trinajstić information content (AvgIpc) is 3.24. The van der Waals surface area contributed by atoms with Gasteiger partial charge in [-0.1, -0.05) is 13.0 Å². The third-order valence-corrected chi connectivity index (χ3v) is 5.33. The Labute approximate surface area is 135 Å². The van der Waals surface area contributed by atoms with Gasteiger partial charge < -0.3 is 5.32 Å². The van der Waals surface area contributed by atoms with Crippen LogP contribution in [0.1, 0.15) is 31.4 Å². The zero-order valence-corrected chi connectivity index (χ0v) is 14.1. The molecule has 7 heteroatoms. The van der Waals surface area contributed by atoms with E-state index in [0.29, 0.717) is 6.04 Å². The molecule has 2 N–H and O–H groups in total. The van der Waals surface area contributed by atoms with Crippen molar-refractivity contribution in [3.05, 3.63) is 38.7 Å². The van der Waals surface area contributed by atoms with Crippen LogP contribution in [0.25, 0.3) is 0 Å². The summed E-state index contributed by atoms with van der Waals surface area (Å²) in [6.45, 7) is 3.90. The Morgan fingerprint density at radius 1 is 1.52 bits per heavy atom. The maximum Gasteiger partial charge on any atom is 0.344 e. The van der Waals surface area contributed by atoms with Crippen LogP contribution in [0.15, 0.2) is 37.5 Å². The number of halogens is 1. The van der Waals surface area contributed by atoms with Crippen molar-refractivity contribution in [1.82, 2.24) is 20.1 Å². The monoisotopic (exact) mass is 368 g/mol. The second-order valence-corrected chi connectivity index (χ2v) is 6.92. The first-order valence-electron chi connectivity index (χ1n) is 7.03. The van der Waals surface area contributed by atoms with E-state index in [1.54, 1.807) is 4.57 Å². The fourth-order valence-corrected chi connectivity index (χ4v) is 3.70. The molecule has 0 saturated heterocycles. The smallest absolute Gasteiger partial charge is 0.313 e. The van der Waals surface area contributed by atoms with E-state index in [9.17, 15) is 4.79 Å². The molecule has 2 aromatic rings. The van der Waals surface area contributed by atoms with Crippen molar-refractivity contribution in [2.45, 2.75) is 42.4 Å². The summed E-state index contributed by atoms with van der Waals surface area (Å²) in [5, 5.41) is 10.7. The number of benzene rings is 1. The van der Waals surface area contributed by atoms with E-state index in [-0.39, 0.29) is 5.69 Å². The lowest BCUT2D eigenvalue weighted by atomic mass is 10.2. The maximum absolute atomic E-state index is 11.8. The minimum Gasteiger partial charge on any atom is -0.313 e. The minimum atomic E-state index is -0.111. The first-order chi connectivity index (χ1) is 10.2. The van der Waals surface area contributed by atoms with Crippen molar-refractivity contribution >= 4 is 27.7 Å². The third-order valence-electron chi connectivity index (χ3n) is 3.36. The van der Waals surface area contributed by atoms with E-state index in [4.69, 9.17) is 0 Å². The molecule has 1 heterocycles. The summed E-state index contributed by atoms with van der Waals surface area (Å²) in [6, 6.07) is 6.60. The second-order valence-electron chi connectivity index (χ2n) is 5.06. The van der Waals surface area contributed by atoms with Crippen LogP contribution in [0.2, 0.25) is 0 Å². The summed E-state index contributed by atoms with van der Waals surface area (Å²) < 4.78 is 2.80. The van der Waals surface area contributed by atoms with Gasteiger partial charge in [0.2, 0.25) is 0 Å². The van der Waals surface area contributed by atoms with Gasteiger partial charge in [-0.3, -0.25) is 4.57 Å². The summed E-state index contributed by atoms with van der Waals surface area (Å²) in [6.07, 6.45) is 2.13. The van der Waals surface area contributed by atoms with Crippen molar-refractivity contribution < 1.29 is 0 Å². The zero-order valence-electron chi connectivity index (χ0n) is 11.7. The highest BCUT2D eigenvalue weighted by Gasteiger charge is 2.28. The Morgan fingerprint density at radius 3 is 3.00 bits per heavy atom. The molecule has 1 saturated carbocycles. The third kappa shape index (κ3) is 3.41. The molecule has 0 spiro atoms. The van der Waals surface area contributed by atoms with Crippen LogP contribution in [-0.2, 0) is 6.54 Å². The highest BCUT2D eigenvalue weighted by molar-refractivity contribution is 9.10. The van der Waals surface area contributed by atoms with Gasteiger partial charge in [0.05, 0.1) is 0 Å². The predicted octanol–water partition coefficient (Wildman–Crippen LogP) is 2.93. The minimum absolute atomic E-state index is 0.111. The SMILES string of the molecule is CCNCc1ccc(Sc2n[nH]c(=O)n2C2CC2)c(Br)c1. The van der Waals surface area contributed by atoms with Crippen LogP contribution in [0.4, 0.5) is 0 Å². The molecule has 1 aliphatic carbocycles. The lowest BCUT2D eigenvalue weighted by Crippen LogP contribution is -2.16. The summed E-state index contributed by atoms with van der Waals surface area (Å²) in [5.74, 6) is 0. The Kier molecular flexibility index (Phi) is 4.51. The molecule has 5 nitrogen and oxygen atoms in total. The van der Waals surface area contributed by atoms with Gasteiger partial charge in [0.15, 0.2) is 5.16 Å². The molecule has 1 aromatic carbocycles. The van der Waals surface area contributed by atoms with Gasteiger partial charge in [0, 0.05) is 22.0 Å². The number of H-pyrrole nitrogens is 1. The van der Waals surface area contributed by atoms with E-state index in [2.05, 4.69) is 56.6 Å². The molecule has 1 aromatic heterocycles. The summed E-state index contributed by atoms with van der Waals surface area (Å²) in [7, 11) is 0. The molecule has 0 bridgehead atoms. The molecule has 1 fully saturated rings. The maximum atomic E-state index is 11.8. The first kappa shape index (κ1) is 14.9. The highest BCUT2D eigenvalue weighted by Crippen LogP contribution is 2.39. The Balaban J connectivity index is 1.80. The summed E-state index contributed by atoms with van der Waals surface area (Å²) in [5.41, 5.74) is 1.12. The number of nitrogens with zero attached hydrogens (tertiary/aromatic N) is 2. The molecule has 21 heavy (non-hydrogen) atoms. The standard InChI is InChI=1S/C14H17BrN4OS/c1-2-16-8-9-3-6-12(11(15)7-9)21-14-18-17-13(20)19(14)10-4-5-10/h3,6-7,10,16H,2,4-5,8H2,1H3,(H,17,20). The largest absolute Gasteiger partial charge is 0.344 e. The molecule has 112 valence electrons. The number of hydrogen-bond donors (Lipinski definition) is 2. The fraction of sp³-hybridized carbons (Fsp3) is 0.429. The fourth-order valence-electron chi connectivity index (χ4n) is 2.12. The van der Waals surface area contributed by atoms with Crippen LogP contribution in [-0.4, -0.2) is 21.3 Å². The number of hydrogen-bond acceptors (Lipinski definition) is 4. The second kappa shape index (κ2) is 6.37. The molecule has 0 radical (unpaired) electrons. The molecule has 3 rings (SSSR count). The van der Waals surface area contributed by atoms with Crippen molar-refractivity contribution in [2.75, 3.05) is 6.54 Å². The van der Waals surface area contributed by atoms with Crippen LogP contribution in [0.3, 0.4) is 0 Å². The van der Waals surface area contributed by atoms with Crippen LogP contribution < -0.4 is 11.0 Å². The summed E-state index contributed by atoms with van der Waals surface area (Å²) >= 11 is 5.12. The van der Waals surface area contributed by atoms with E-state index < -0.39 is 0 Å². The van der Waals surface area contributed by atoms with Gasteiger partial charge in [0.1, 0.15) is 0 Å². The molecule has 0 aliphatic heterocycles.